The number of anilines is 1. The normalized spacial score (nSPS) is 25.1. The van der Waals surface area contributed by atoms with E-state index in [4.69, 9.17) is 11.6 Å². The summed E-state index contributed by atoms with van der Waals surface area (Å²) in [6.07, 6.45) is 6.40. The third-order valence-corrected chi connectivity index (χ3v) is 5.50. The maximum absolute atomic E-state index is 12.5. The number of hydrogen-bond donors (Lipinski definition) is 2. The van der Waals surface area contributed by atoms with Crippen molar-refractivity contribution in [3.05, 3.63) is 35.2 Å². The van der Waals surface area contributed by atoms with Crippen LogP contribution in [0.3, 0.4) is 0 Å². The summed E-state index contributed by atoms with van der Waals surface area (Å²) in [5.74, 6) is 0.732. The van der Waals surface area contributed by atoms with E-state index in [-0.39, 0.29) is 23.6 Å². The Hall–Kier alpha value is -2.19. The molecule has 1 amide bonds. The molecule has 2 aliphatic rings. The second kappa shape index (κ2) is 7.82. The van der Waals surface area contributed by atoms with Crippen molar-refractivity contribution in [3.8, 4) is 0 Å². The van der Waals surface area contributed by atoms with Crippen LogP contribution in [0.1, 0.15) is 36.2 Å². The maximum Gasteiger partial charge on any atom is 0.272 e. The maximum atomic E-state index is 12.5. The van der Waals surface area contributed by atoms with Crippen molar-refractivity contribution in [1.82, 2.24) is 25.3 Å². The van der Waals surface area contributed by atoms with Gasteiger partial charge in [-0.1, -0.05) is 11.6 Å². The number of aromatic nitrogens is 4. The zero-order valence-electron chi connectivity index (χ0n) is 15.0. The van der Waals surface area contributed by atoms with Crippen LogP contribution in [0.2, 0.25) is 5.02 Å². The van der Waals surface area contributed by atoms with E-state index in [9.17, 15) is 9.90 Å². The van der Waals surface area contributed by atoms with Crippen LogP contribution in [0.4, 0.5) is 5.82 Å². The highest BCUT2D eigenvalue weighted by Crippen LogP contribution is 2.28. The lowest BCUT2D eigenvalue weighted by Crippen LogP contribution is -2.40. The molecule has 2 aromatic heterocycles. The zero-order valence-corrected chi connectivity index (χ0v) is 15.7. The highest BCUT2D eigenvalue weighted by molar-refractivity contribution is 6.30. The topological polar surface area (TPSA) is 96.2 Å². The number of aliphatic hydroxyl groups is 1. The summed E-state index contributed by atoms with van der Waals surface area (Å²) in [6, 6.07) is 3.23. The molecule has 2 aromatic rings. The quantitative estimate of drug-likeness (QED) is 0.803. The van der Waals surface area contributed by atoms with E-state index in [2.05, 4.69) is 25.5 Å². The number of hydrogen-bond acceptors (Lipinski definition) is 6. The number of carbonyl (C=O) groups excluding carboxylic acids is 1. The Balaban J connectivity index is 1.33. The molecule has 8 nitrogen and oxygen atoms in total. The molecule has 0 spiro atoms. The van der Waals surface area contributed by atoms with Crippen molar-refractivity contribution in [2.45, 2.75) is 44.4 Å². The van der Waals surface area contributed by atoms with Gasteiger partial charge in [0.25, 0.3) is 5.91 Å². The minimum absolute atomic E-state index is 0.227. The monoisotopic (exact) mass is 390 g/mol. The van der Waals surface area contributed by atoms with Gasteiger partial charge >= 0.3 is 0 Å². The molecule has 2 N–H and O–H groups in total. The predicted molar refractivity (Wildman–Crippen MR) is 101 cm³/mol. The molecule has 2 fully saturated rings. The molecule has 144 valence electrons. The van der Waals surface area contributed by atoms with Gasteiger partial charge < -0.3 is 15.3 Å². The van der Waals surface area contributed by atoms with Gasteiger partial charge in [0.05, 0.1) is 23.4 Å². The lowest BCUT2D eigenvalue weighted by Gasteiger charge is -2.17. The van der Waals surface area contributed by atoms with E-state index in [1.165, 1.54) is 0 Å². The number of halogens is 1. The summed E-state index contributed by atoms with van der Waals surface area (Å²) in [5, 5.41) is 26.2. The van der Waals surface area contributed by atoms with Crippen LogP contribution in [0.5, 0.6) is 0 Å². The van der Waals surface area contributed by atoms with Crippen molar-refractivity contribution in [2.24, 2.45) is 5.92 Å². The molecule has 27 heavy (non-hydrogen) atoms. The SMILES string of the molecule is O=C(N[C@@H]1CC(Cn2cc(Cl)cn2)C[C@H]1O)c1ccc(N2CCCC2)nn1. The van der Waals surface area contributed by atoms with Crippen molar-refractivity contribution in [1.29, 1.82) is 0 Å². The van der Waals surface area contributed by atoms with E-state index >= 15 is 0 Å². The molecule has 1 saturated carbocycles. The van der Waals surface area contributed by atoms with Gasteiger partial charge in [0.15, 0.2) is 11.5 Å². The summed E-state index contributed by atoms with van der Waals surface area (Å²) >= 11 is 5.89. The number of amides is 1. The molecular formula is C18H23ClN6O2. The van der Waals surface area contributed by atoms with Gasteiger partial charge in [-0.05, 0) is 43.7 Å². The number of carbonyl (C=O) groups is 1. The molecule has 3 atom stereocenters. The molecule has 1 aliphatic carbocycles. The first-order chi connectivity index (χ1) is 13.1. The molecule has 0 radical (unpaired) electrons. The molecule has 0 bridgehead atoms. The molecule has 1 saturated heterocycles. The van der Waals surface area contributed by atoms with Gasteiger partial charge in [-0.25, -0.2) is 0 Å². The first-order valence-electron chi connectivity index (χ1n) is 9.34. The molecule has 0 aromatic carbocycles. The number of nitrogens with one attached hydrogen (secondary N) is 1. The Morgan fingerprint density at radius 3 is 2.74 bits per heavy atom. The van der Waals surface area contributed by atoms with E-state index < -0.39 is 6.10 Å². The van der Waals surface area contributed by atoms with Crippen molar-refractivity contribution in [3.63, 3.8) is 0 Å². The van der Waals surface area contributed by atoms with E-state index in [1.54, 1.807) is 23.1 Å². The summed E-state index contributed by atoms with van der Waals surface area (Å²) in [4.78, 5) is 14.6. The molecule has 3 heterocycles. The summed E-state index contributed by atoms with van der Waals surface area (Å²) in [6.45, 7) is 2.63. The van der Waals surface area contributed by atoms with Crippen molar-refractivity contribution >= 4 is 23.3 Å². The van der Waals surface area contributed by atoms with Gasteiger partial charge in [0, 0.05) is 25.8 Å². The molecule has 1 unspecified atom stereocenters. The summed E-state index contributed by atoms with van der Waals surface area (Å²) in [7, 11) is 0. The van der Waals surface area contributed by atoms with Crippen LogP contribution in [-0.4, -0.2) is 56.2 Å². The fraction of sp³-hybridized carbons (Fsp3) is 0.556. The minimum Gasteiger partial charge on any atom is -0.391 e. The van der Waals surface area contributed by atoms with Crippen LogP contribution >= 0.6 is 11.6 Å². The van der Waals surface area contributed by atoms with Gasteiger partial charge in [-0.3, -0.25) is 9.48 Å². The van der Waals surface area contributed by atoms with Crippen molar-refractivity contribution in [2.75, 3.05) is 18.0 Å². The van der Waals surface area contributed by atoms with E-state index in [0.717, 1.165) is 31.7 Å². The Bertz CT molecular complexity index is 789. The average molecular weight is 391 g/mol. The lowest BCUT2D eigenvalue weighted by molar-refractivity contribution is 0.0867. The third-order valence-electron chi connectivity index (χ3n) is 5.30. The Morgan fingerprint density at radius 2 is 2.07 bits per heavy atom. The third kappa shape index (κ3) is 4.22. The van der Waals surface area contributed by atoms with Crippen LogP contribution in [0.15, 0.2) is 24.5 Å². The molecule has 4 rings (SSSR count). The van der Waals surface area contributed by atoms with Gasteiger partial charge in [-0.2, -0.15) is 5.10 Å². The van der Waals surface area contributed by atoms with Crippen LogP contribution in [0, 0.1) is 5.92 Å². The largest absolute Gasteiger partial charge is 0.391 e. The predicted octanol–water partition coefficient (Wildman–Crippen LogP) is 1.50. The van der Waals surface area contributed by atoms with E-state index in [0.29, 0.717) is 24.4 Å². The van der Waals surface area contributed by atoms with Gasteiger partial charge in [-0.15, -0.1) is 10.2 Å². The highest BCUT2D eigenvalue weighted by atomic mass is 35.5. The van der Waals surface area contributed by atoms with Crippen LogP contribution in [0.25, 0.3) is 0 Å². The Morgan fingerprint density at radius 1 is 1.26 bits per heavy atom. The first-order valence-corrected chi connectivity index (χ1v) is 9.72. The second-order valence-electron chi connectivity index (χ2n) is 7.34. The van der Waals surface area contributed by atoms with Gasteiger partial charge in [0.1, 0.15) is 0 Å². The summed E-state index contributed by atoms with van der Waals surface area (Å²) in [5.41, 5.74) is 0.271. The Labute approximate surface area is 162 Å². The number of nitrogens with zero attached hydrogens (tertiary/aromatic N) is 5. The standard InChI is InChI=1S/C18H23ClN6O2/c19-13-9-20-25(11-13)10-12-7-15(16(26)8-12)21-18(27)14-3-4-17(23-22-14)24-5-1-2-6-24/h3-4,9,11-12,15-16,26H,1-2,5-8,10H2,(H,21,27)/t12?,15-,16-/m1/s1. The fourth-order valence-corrected chi connectivity index (χ4v) is 4.08. The Kier molecular flexibility index (Phi) is 5.27. The van der Waals surface area contributed by atoms with E-state index in [1.807, 2.05) is 6.07 Å². The highest BCUT2D eigenvalue weighted by Gasteiger charge is 2.34. The van der Waals surface area contributed by atoms with Crippen molar-refractivity contribution < 1.29 is 9.90 Å². The molecular weight excluding hydrogens is 368 g/mol. The average Bonchev–Trinajstić information content (AvgIpc) is 3.39. The number of rotatable bonds is 5. The number of aliphatic hydroxyl groups excluding tert-OH is 1. The van der Waals surface area contributed by atoms with Crippen LogP contribution in [-0.2, 0) is 6.54 Å². The zero-order chi connectivity index (χ0) is 18.8. The van der Waals surface area contributed by atoms with Gasteiger partial charge in [0.2, 0.25) is 0 Å². The smallest absolute Gasteiger partial charge is 0.272 e. The lowest BCUT2D eigenvalue weighted by atomic mass is 10.1. The van der Waals surface area contributed by atoms with Crippen LogP contribution < -0.4 is 10.2 Å². The minimum atomic E-state index is -0.582. The fourth-order valence-electron chi connectivity index (χ4n) is 3.93. The molecule has 1 aliphatic heterocycles. The first kappa shape index (κ1) is 18.2. The summed E-state index contributed by atoms with van der Waals surface area (Å²) < 4.78 is 1.77. The second-order valence-corrected chi connectivity index (χ2v) is 7.77. The molecule has 9 heteroatoms.